The molecule has 2 aromatic carbocycles. The molecule has 2 aromatic heterocycles. The molecule has 4 aromatic rings. The van der Waals surface area contributed by atoms with E-state index in [-0.39, 0.29) is 16.9 Å². The number of nitrogens with two attached hydrogens (primary N) is 1. The highest BCUT2D eigenvalue weighted by Gasteiger charge is 2.34. The Morgan fingerprint density at radius 3 is 2.66 bits per heavy atom. The lowest BCUT2D eigenvalue weighted by Crippen LogP contribution is -2.38. The maximum absolute atomic E-state index is 13.6. The maximum Gasteiger partial charge on any atom is 0.243 e. The number of benzene rings is 2. The lowest BCUT2D eigenvalue weighted by Gasteiger charge is -2.30. The van der Waals surface area contributed by atoms with Crippen LogP contribution in [-0.2, 0) is 16.4 Å². The van der Waals surface area contributed by atoms with Gasteiger partial charge in [0.25, 0.3) is 0 Å². The normalized spacial score (nSPS) is 19.1. The minimum absolute atomic E-state index is 0.0175. The van der Waals surface area contributed by atoms with E-state index in [4.69, 9.17) is 10.7 Å². The Morgan fingerprint density at radius 1 is 1.09 bits per heavy atom. The first kappa shape index (κ1) is 22.0. The molecule has 0 aliphatic carbocycles. The fraction of sp³-hybridized carbons (Fsp3) is 0.280. The second-order valence-electron chi connectivity index (χ2n) is 9.08. The van der Waals surface area contributed by atoms with Crippen LogP contribution in [0.5, 0.6) is 0 Å². The Balaban J connectivity index is 1.29. The SMILES string of the molecule is Nc1nccn2c(C3CCN(S(=O)(=O)c4cccc(F)c4)CC3)nc(C3Cc4ccccc4N3)c12. The van der Waals surface area contributed by atoms with Crippen LogP contribution in [-0.4, -0.2) is 40.2 Å². The first-order valence-electron chi connectivity index (χ1n) is 11.6. The van der Waals surface area contributed by atoms with Crippen molar-refractivity contribution in [1.29, 1.82) is 0 Å². The number of fused-ring (bicyclic) bond motifs is 2. The smallest absolute Gasteiger partial charge is 0.243 e. The van der Waals surface area contributed by atoms with Crippen molar-refractivity contribution in [2.24, 2.45) is 0 Å². The fourth-order valence-electron chi connectivity index (χ4n) is 5.24. The number of sulfonamides is 1. The van der Waals surface area contributed by atoms with Crippen LogP contribution in [0.4, 0.5) is 15.9 Å². The van der Waals surface area contributed by atoms with Crippen LogP contribution >= 0.6 is 0 Å². The molecule has 0 bridgehead atoms. The molecule has 1 saturated heterocycles. The topological polar surface area (TPSA) is 106 Å². The number of aromatic nitrogens is 3. The van der Waals surface area contributed by atoms with E-state index in [0.717, 1.165) is 35.2 Å². The van der Waals surface area contributed by atoms with Crippen molar-refractivity contribution < 1.29 is 12.8 Å². The van der Waals surface area contributed by atoms with Crippen molar-refractivity contribution in [2.45, 2.75) is 36.1 Å². The molecule has 180 valence electrons. The zero-order valence-corrected chi connectivity index (χ0v) is 19.7. The number of rotatable bonds is 4. The van der Waals surface area contributed by atoms with Gasteiger partial charge in [0.15, 0.2) is 0 Å². The van der Waals surface area contributed by atoms with E-state index >= 15 is 0 Å². The van der Waals surface area contributed by atoms with Crippen molar-refractivity contribution in [3.8, 4) is 0 Å². The highest BCUT2D eigenvalue weighted by atomic mass is 32.2. The van der Waals surface area contributed by atoms with Gasteiger partial charge in [0.05, 0.1) is 16.6 Å². The summed E-state index contributed by atoms with van der Waals surface area (Å²) >= 11 is 0. The first-order chi connectivity index (χ1) is 16.9. The lowest BCUT2D eigenvalue weighted by atomic mass is 9.97. The number of anilines is 2. The average Bonchev–Trinajstić information content (AvgIpc) is 3.47. The number of nitrogen functional groups attached to an aromatic ring is 1. The molecule has 0 radical (unpaired) electrons. The van der Waals surface area contributed by atoms with E-state index in [2.05, 4.69) is 22.4 Å². The van der Waals surface area contributed by atoms with Crippen molar-refractivity contribution in [3.63, 3.8) is 0 Å². The zero-order chi connectivity index (χ0) is 24.2. The van der Waals surface area contributed by atoms with Crippen molar-refractivity contribution in [3.05, 3.63) is 83.8 Å². The van der Waals surface area contributed by atoms with Gasteiger partial charge in [-0.3, -0.25) is 4.40 Å². The first-order valence-corrected chi connectivity index (χ1v) is 13.1. The van der Waals surface area contributed by atoms with Gasteiger partial charge in [-0.2, -0.15) is 4.31 Å². The molecule has 0 amide bonds. The third kappa shape index (κ3) is 3.73. The summed E-state index contributed by atoms with van der Waals surface area (Å²) in [5, 5.41) is 3.56. The highest BCUT2D eigenvalue weighted by molar-refractivity contribution is 7.89. The summed E-state index contributed by atoms with van der Waals surface area (Å²) in [5.74, 6) is 0.779. The number of piperidine rings is 1. The van der Waals surface area contributed by atoms with Crippen LogP contribution in [0.3, 0.4) is 0 Å². The summed E-state index contributed by atoms with van der Waals surface area (Å²) in [6.45, 7) is 0.670. The number of hydrogen-bond donors (Lipinski definition) is 2. The molecule has 3 N–H and O–H groups in total. The maximum atomic E-state index is 13.6. The van der Waals surface area contributed by atoms with Gasteiger partial charge in [-0.15, -0.1) is 0 Å². The fourth-order valence-corrected chi connectivity index (χ4v) is 6.74. The largest absolute Gasteiger partial charge is 0.382 e. The third-order valence-corrected chi connectivity index (χ3v) is 8.89. The summed E-state index contributed by atoms with van der Waals surface area (Å²) < 4.78 is 43.1. The van der Waals surface area contributed by atoms with Crippen molar-refractivity contribution >= 4 is 27.0 Å². The van der Waals surface area contributed by atoms with Crippen LogP contribution in [0.2, 0.25) is 0 Å². The molecule has 2 aliphatic heterocycles. The van der Waals surface area contributed by atoms with Gasteiger partial charge in [-0.1, -0.05) is 24.3 Å². The summed E-state index contributed by atoms with van der Waals surface area (Å²) in [6.07, 6.45) is 5.55. The summed E-state index contributed by atoms with van der Waals surface area (Å²) in [7, 11) is -3.75. The minimum atomic E-state index is -3.75. The van der Waals surface area contributed by atoms with Crippen molar-refractivity contribution in [1.82, 2.24) is 18.7 Å². The molecule has 35 heavy (non-hydrogen) atoms. The van der Waals surface area contributed by atoms with Gasteiger partial charge < -0.3 is 11.1 Å². The Kier molecular flexibility index (Phi) is 5.23. The van der Waals surface area contributed by atoms with Crippen LogP contribution in [0.15, 0.2) is 65.8 Å². The number of nitrogens with zero attached hydrogens (tertiary/aromatic N) is 4. The second kappa shape index (κ2) is 8.31. The van der Waals surface area contributed by atoms with Crippen LogP contribution < -0.4 is 11.1 Å². The number of nitrogens with one attached hydrogen (secondary N) is 1. The third-order valence-electron chi connectivity index (χ3n) is 6.99. The molecule has 1 atom stereocenters. The van der Waals surface area contributed by atoms with Gasteiger partial charge in [0.2, 0.25) is 10.0 Å². The van der Waals surface area contributed by atoms with Crippen LogP contribution in [0.1, 0.15) is 41.9 Å². The van der Waals surface area contributed by atoms with E-state index in [1.54, 1.807) is 6.20 Å². The number of hydrogen-bond acceptors (Lipinski definition) is 6. The van der Waals surface area contributed by atoms with Gasteiger partial charge in [-0.05, 0) is 42.7 Å². The predicted molar refractivity (Wildman–Crippen MR) is 131 cm³/mol. The number of imidazole rings is 1. The molecule has 2 aliphatic rings. The van der Waals surface area contributed by atoms with Gasteiger partial charge >= 0.3 is 0 Å². The van der Waals surface area contributed by atoms with Crippen LogP contribution in [0, 0.1) is 5.82 Å². The monoisotopic (exact) mass is 492 g/mol. The van der Waals surface area contributed by atoms with Gasteiger partial charge in [-0.25, -0.2) is 22.8 Å². The Bertz CT molecular complexity index is 1500. The van der Waals surface area contributed by atoms with Gasteiger partial charge in [0.1, 0.15) is 23.0 Å². The quantitative estimate of drug-likeness (QED) is 0.450. The Hall–Kier alpha value is -3.50. The number of halogens is 1. The minimum Gasteiger partial charge on any atom is -0.382 e. The zero-order valence-electron chi connectivity index (χ0n) is 18.9. The van der Waals surface area contributed by atoms with Crippen LogP contribution in [0.25, 0.3) is 5.52 Å². The molecule has 10 heteroatoms. The van der Waals surface area contributed by atoms with E-state index in [1.807, 2.05) is 22.7 Å². The average molecular weight is 493 g/mol. The summed E-state index contributed by atoms with van der Waals surface area (Å²) in [5.41, 5.74) is 10.3. The molecular weight excluding hydrogens is 467 g/mol. The van der Waals surface area contributed by atoms with Gasteiger partial charge in [0, 0.05) is 43.5 Å². The molecule has 6 rings (SSSR count). The number of para-hydroxylation sites is 1. The van der Waals surface area contributed by atoms with E-state index < -0.39 is 15.8 Å². The molecule has 1 unspecified atom stereocenters. The predicted octanol–water partition coefficient (Wildman–Crippen LogP) is 3.73. The van der Waals surface area contributed by atoms with E-state index in [1.165, 1.54) is 28.1 Å². The standard InChI is InChI=1S/C25H25FN6O2S/c26-18-5-3-6-19(15-18)35(33,34)31-11-8-16(9-12-31)25-30-22(23-24(27)28-10-13-32(23)25)21-14-17-4-1-2-7-20(17)29-21/h1-7,10,13,15-16,21,29H,8-9,11-12,14H2,(H2,27,28). The summed E-state index contributed by atoms with van der Waals surface area (Å²) in [6, 6.07) is 13.3. The molecular formula is C25H25FN6O2S. The molecule has 1 fully saturated rings. The Morgan fingerprint density at radius 2 is 1.89 bits per heavy atom. The van der Waals surface area contributed by atoms with E-state index in [9.17, 15) is 12.8 Å². The summed E-state index contributed by atoms with van der Waals surface area (Å²) in [4.78, 5) is 9.34. The van der Waals surface area contributed by atoms with E-state index in [0.29, 0.717) is 31.7 Å². The molecule has 4 heterocycles. The van der Waals surface area contributed by atoms with Crippen molar-refractivity contribution in [2.75, 3.05) is 24.1 Å². The molecule has 0 saturated carbocycles. The highest BCUT2D eigenvalue weighted by Crippen LogP contribution is 2.39. The molecule has 0 spiro atoms. The Labute approximate surface area is 202 Å². The lowest BCUT2D eigenvalue weighted by molar-refractivity contribution is 0.313. The molecule has 8 nitrogen and oxygen atoms in total. The second-order valence-corrected chi connectivity index (χ2v) is 11.0.